The third-order valence-electron chi connectivity index (χ3n) is 2.12. The van der Waals surface area contributed by atoms with Crippen molar-refractivity contribution in [1.29, 1.82) is 0 Å². The van der Waals surface area contributed by atoms with Gasteiger partial charge in [0.05, 0.1) is 0 Å². The Labute approximate surface area is 117 Å². The third kappa shape index (κ3) is 5.44. The number of amides is 1. The van der Waals surface area contributed by atoms with Crippen LogP contribution in [0.2, 0.25) is 5.02 Å². The van der Waals surface area contributed by atoms with Gasteiger partial charge in [-0.15, -0.1) is 0 Å². The lowest BCUT2D eigenvalue weighted by molar-refractivity contribution is 0.0976. The molecular weight excluding hydrogens is 272 g/mol. The summed E-state index contributed by atoms with van der Waals surface area (Å²) >= 11 is 10.8. The van der Waals surface area contributed by atoms with Gasteiger partial charge >= 0.3 is 0 Å². The van der Waals surface area contributed by atoms with Crippen LogP contribution in [0.15, 0.2) is 24.3 Å². The molecule has 1 aromatic carbocycles. The van der Waals surface area contributed by atoms with E-state index in [1.807, 2.05) is 0 Å². The van der Waals surface area contributed by atoms with Gasteiger partial charge in [0.2, 0.25) is 0 Å². The van der Waals surface area contributed by atoms with E-state index in [0.29, 0.717) is 28.9 Å². The van der Waals surface area contributed by atoms with Crippen LogP contribution < -0.4 is 10.6 Å². The largest absolute Gasteiger partial charge is 0.385 e. The molecule has 0 fully saturated rings. The van der Waals surface area contributed by atoms with Gasteiger partial charge in [-0.05, 0) is 36.8 Å². The van der Waals surface area contributed by atoms with Crippen molar-refractivity contribution in [2.45, 2.75) is 6.42 Å². The molecule has 98 valence electrons. The second-order valence-electron chi connectivity index (χ2n) is 3.57. The Kier molecular flexibility index (Phi) is 6.64. The molecule has 0 unspecified atom stereocenters. The van der Waals surface area contributed by atoms with Crippen molar-refractivity contribution in [3.05, 3.63) is 34.9 Å². The van der Waals surface area contributed by atoms with Gasteiger partial charge in [-0.2, -0.15) is 0 Å². The van der Waals surface area contributed by atoms with Gasteiger partial charge in [0.25, 0.3) is 5.91 Å². The highest BCUT2D eigenvalue weighted by Crippen LogP contribution is 2.10. The van der Waals surface area contributed by atoms with E-state index < -0.39 is 0 Å². The molecule has 0 aliphatic heterocycles. The van der Waals surface area contributed by atoms with Crippen LogP contribution in [0, 0.1) is 0 Å². The third-order valence-corrected chi connectivity index (χ3v) is 2.61. The zero-order valence-corrected chi connectivity index (χ0v) is 11.6. The molecule has 0 atom stereocenters. The molecule has 18 heavy (non-hydrogen) atoms. The van der Waals surface area contributed by atoms with Gasteiger partial charge in [0.1, 0.15) is 0 Å². The summed E-state index contributed by atoms with van der Waals surface area (Å²) in [5, 5.41) is 6.32. The van der Waals surface area contributed by atoms with Crippen molar-refractivity contribution >= 4 is 34.8 Å². The van der Waals surface area contributed by atoms with Gasteiger partial charge in [-0.1, -0.05) is 17.7 Å². The molecule has 1 amide bonds. The molecule has 0 bridgehead atoms. The van der Waals surface area contributed by atoms with E-state index >= 15 is 0 Å². The van der Waals surface area contributed by atoms with Gasteiger partial charge in [-0.25, -0.2) is 0 Å². The summed E-state index contributed by atoms with van der Waals surface area (Å²) in [6.45, 7) is 1.31. The SMILES string of the molecule is COCCCNC(=S)NC(=O)c1cccc(Cl)c1. The van der Waals surface area contributed by atoms with E-state index in [1.54, 1.807) is 31.4 Å². The first kappa shape index (κ1) is 14.9. The molecule has 4 nitrogen and oxygen atoms in total. The Morgan fingerprint density at radius 2 is 2.28 bits per heavy atom. The number of nitrogens with one attached hydrogen (secondary N) is 2. The van der Waals surface area contributed by atoms with Gasteiger partial charge in [0.15, 0.2) is 5.11 Å². The zero-order valence-electron chi connectivity index (χ0n) is 10.0. The van der Waals surface area contributed by atoms with E-state index in [0.717, 1.165) is 6.42 Å². The summed E-state index contributed by atoms with van der Waals surface area (Å²) in [6, 6.07) is 6.69. The quantitative estimate of drug-likeness (QED) is 0.642. The minimum atomic E-state index is -0.276. The lowest BCUT2D eigenvalue weighted by Gasteiger charge is -2.09. The van der Waals surface area contributed by atoms with E-state index in [1.165, 1.54) is 0 Å². The van der Waals surface area contributed by atoms with Crippen molar-refractivity contribution in [3.8, 4) is 0 Å². The molecule has 0 saturated heterocycles. The number of benzene rings is 1. The monoisotopic (exact) mass is 286 g/mol. The lowest BCUT2D eigenvalue weighted by Crippen LogP contribution is -2.39. The zero-order chi connectivity index (χ0) is 13.4. The summed E-state index contributed by atoms with van der Waals surface area (Å²) in [7, 11) is 1.64. The number of hydrogen-bond donors (Lipinski definition) is 2. The molecule has 0 aliphatic rings. The number of rotatable bonds is 5. The highest BCUT2D eigenvalue weighted by molar-refractivity contribution is 7.80. The average molecular weight is 287 g/mol. The maximum Gasteiger partial charge on any atom is 0.257 e. The summed E-state index contributed by atoms with van der Waals surface area (Å²) in [5.74, 6) is -0.276. The summed E-state index contributed by atoms with van der Waals surface area (Å²) in [4.78, 5) is 11.8. The maximum atomic E-state index is 11.8. The van der Waals surface area contributed by atoms with Crippen LogP contribution in [0.5, 0.6) is 0 Å². The van der Waals surface area contributed by atoms with Crippen molar-refractivity contribution in [2.24, 2.45) is 0 Å². The fourth-order valence-corrected chi connectivity index (χ4v) is 1.65. The number of thiocarbonyl (C=S) groups is 1. The Morgan fingerprint density at radius 3 is 2.94 bits per heavy atom. The van der Waals surface area contributed by atoms with Crippen molar-refractivity contribution in [1.82, 2.24) is 10.6 Å². The van der Waals surface area contributed by atoms with E-state index in [9.17, 15) is 4.79 Å². The Hall–Kier alpha value is -1.17. The Balaban J connectivity index is 2.38. The first-order chi connectivity index (χ1) is 8.63. The van der Waals surface area contributed by atoms with Crippen molar-refractivity contribution < 1.29 is 9.53 Å². The molecule has 1 rings (SSSR count). The van der Waals surface area contributed by atoms with Gasteiger partial charge in [-0.3, -0.25) is 10.1 Å². The first-order valence-corrected chi connectivity index (χ1v) is 6.26. The molecule has 0 saturated carbocycles. The molecule has 6 heteroatoms. The van der Waals surface area contributed by atoms with E-state index in [2.05, 4.69) is 10.6 Å². The number of methoxy groups -OCH3 is 1. The van der Waals surface area contributed by atoms with Crippen molar-refractivity contribution in [2.75, 3.05) is 20.3 Å². The molecule has 1 aromatic rings. The first-order valence-electron chi connectivity index (χ1n) is 5.47. The highest BCUT2D eigenvalue weighted by atomic mass is 35.5. The summed E-state index contributed by atoms with van der Waals surface area (Å²) in [5.41, 5.74) is 0.476. The van der Waals surface area contributed by atoms with E-state index in [4.69, 9.17) is 28.6 Å². The maximum absolute atomic E-state index is 11.8. The highest BCUT2D eigenvalue weighted by Gasteiger charge is 2.07. The lowest BCUT2D eigenvalue weighted by atomic mass is 10.2. The molecule has 0 radical (unpaired) electrons. The van der Waals surface area contributed by atoms with Crippen LogP contribution in [-0.4, -0.2) is 31.3 Å². The normalized spacial score (nSPS) is 9.89. The summed E-state index contributed by atoms with van der Waals surface area (Å²) in [6.07, 6.45) is 0.823. The van der Waals surface area contributed by atoms with Crippen molar-refractivity contribution in [3.63, 3.8) is 0 Å². The Bertz CT molecular complexity index is 426. The van der Waals surface area contributed by atoms with Gasteiger partial charge < -0.3 is 10.1 Å². The van der Waals surface area contributed by atoms with Crippen LogP contribution in [0.25, 0.3) is 0 Å². The summed E-state index contributed by atoms with van der Waals surface area (Å²) < 4.78 is 4.90. The molecule has 0 heterocycles. The molecule has 2 N–H and O–H groups in total. The van der Waals surface area contributed by atoms with Crippen LogP contribution in [-0.2, 0) is 4.74 Å². The van der Waals surface area contributed by atoms with Crippen LogP contribution in [0.1, 0.15) is 16.8 Å². The number of carbonyl (C=O) groups is 1. The molecule has 0 aliphatic carbocycles. The Morgan fingerprint density at radius 1 is 1.50 bits per heavy atom. The smallest absolute Gasteiger partial charge is 0.257 e. The second-order valence-corrected chi connectivity index (χ2v) is 4.41. The van der Waals surface area contributed by atoms with Crippen LogP contribution in [0.4, 0.5) is 0 Å². The topological polar surface area (TPSA) is 50.4 Å². The van der Waals surface area contributed by atoms with Crippen LogP contribution in [0.3, 0.4) is 0 Å². The number of halogens is 1. The standard InChI is InChI=1S/C12H15ClN2O2S/c1-17-7-3-6-14-12(18)15-11(16)9-4-2-5-10(13)8-9/h2,4-5,8H,3,6-7H2,1H3,(H2,14,15,16,18). The number of carbonyl (C=O) groups excluding carboxylic acids is 1. The second kappa shape index (κ2) is 8.02. The van der Waals surface area contributed by atoms with E-state index in [-0.39, 0.29) is 5.91 Å². The predicted octanol–water partition coefficient (Wildman–Crippen LogP) is 1.98. The number of hydrogen-bond acceptors (Lipinski definition) is 3. The van der Waals surface area contributed by atoms with Gasteiger partial charge in [0, 0.05) is 30.8 Å². The number of ether oxygens (including phenoxy) is 1. The molecule has 0 spiro atoms. The molecular formula is C12H15ClN2O2S. The van der Waals surface area contributed by atoms with Crippen LogP contribution >= 0.6 is 23.8 Å². The molecule has 0 aromatic heterocycles. The minimum absolute atomic E-state index is 0.276. The average Bonchev–Trinajstić information content (AvgIpc) is 2.34. The fourth-order valence-electron chi connectivity index (χ4n) is 1.27. The fraction of sp³-hybridized carbons (Fsp3) is 0.333. The predicted molar refractivity (Wildman–Crippen MR) is 76.0 cm³/mol. The minimum Gasteiger partial charge on any atom is -0.385 e.